The van der Waals surface area contributed by atoms with Gasteiger partial charge < -0.3 is 9.97 Å². The van der Waals surface area contributed by atoms with Crippen LogP contribution in [0.5, 0.6) is 0 Å². The Balaban J connectivity index is 0.000000186. The predicted molar refractivity (Wildman–Crippen MR) is 162 cm³/mol. The van der Waals surface area contributed by atoms with Crippen molar-refractivity contribution < 1.29 is 20.1 Å². The van der Waals surface area contributed by atoms with E-state index >= 15 is 0 Å². The molecule has 1 aliphatic carbocycles. The van der Waals surface area contributed by atoms with Gasteiger partial charge in [-0.3, -0.25) is 0 Å². The molecule has 0 saturated heterocycles. The van der Waals surface area contributed by atoms with Crippen molar-refractivity contribution in [1.82, 2.24) is 9.97 Å². The van der Waals surface area contributed by atoms with Gasteiger partial charge in [-0.1, -0.05) is 69.9 Å². The molecule has 39 heavy (non-hydrogen) atoms. The molecule has 5 aromatic rings. The number of nitrogens with zero attached hydrogens (tertiary/aromatic N) is 2. The van der Waals surface area contributed by atoms with Crippen molar-refractivity contribution in [2.24, 2.45) is 0 Å². The summed E-state index contributed by atoms with van der Waals surface area (Å²) in [5.74, 6) is 0. The van der Waals surface area contributed by atoms with Gasteiger partial charge in [-0.15, -0.1) is 71.8 Å². The second kappa shape index (κ2) is 11.5. The van der Waals surface area contributed by atoms with E-state index in [1.807, 2.05) is 54.9 Å². The van der Waals surface area contributed by atoms with E-state index in [4.69, 9.17) is 0 Å². The van der Waals surface area contributed by atoms with Gasteiger partial charge in [0.25, 0.3) is 0 Å². The molecule has 0 amide bonds. The maximum Gasteiger partial charge on any atom is 0.0795 e. The SMILES string of the molecule is C[Si](C)(C)c1ccc(-c2[c-]cccc2)nc1.Cc1cccc2c1C(C)(C)c1cc(-c3[c-]cccc3)ncc1-2.[Ir]. The minimum absolute atomic E-state index is 0. The van der Waals surface area contributed by atoms with Crippen LogP contribution in [0.2, 0.25) is 19.6 Å². The fourth-order valence-corrected chi connectivity index (χ4v) is 6.33. The molecule has 2 heterocycles. The first-order valence-corrected chi connectivity index (χ1v) is 16.7. The number of aromatic nitrogens is 2. The van der Waals surface area contributed by atoms with Crippen LogP contribution in [0.15, 0.2) is 97.3 Å². The Labute approximate surface area is 248 Å². The number of pyridine rings is 2. The largest absolute Gasteiger partial charge is 0.305 e. The van der Waals surface area contributed by atoms with Crippen LogP contribution in [0.1, 0.15) is 30.5 Å². The molecule has 2 aromatic heterocycles. The number of aryl methyl sites for hydroxylation is 1. The summed E-state index contributed by atoms with van der Waals surface area (Å²) in [5.41, 5.74) is 10.9. The quantitative estimate of drug-likeness (QED) is 0.140. The van der Waals surface area contributed by atoms with E-state index in [1.54, 1.807) is 0 Å². The Hall–Kier alpha value is -3.17. The van der Waals surface area contributed by atoms with Crippen LogP contribution in [-0.2, 0) is 25.5 Å². The van der Waals surface area contributed by atoms with Gasteiger partial charge in [0.15, 0.2) is 0 Å². The van der Waals surface area contributed by atoms with Gasteiger partial charge >= 0.3 is 0 Å². The number of hydrogen-bond acceptors (Lipinski definition) is 2. The molecule has 0 N–H and O–H groups in total. The molecule has 0 atom stereocenters. The fraction of sp³-hybridized carbons (Fsp3) is 0.200. The summed E-state index contributed by atoms with van der Waals surface area (Å²) < 4.78 is 0. The van der Waals surface area contributed by atoms with E-state index < -0.39 is 8.07 Å². The van der Waals surface area contributed by atoms with Crippen molar-refractivity contribution in [2.75, 3.05) is 0 Å². The summed E-state index contributed by atoms with van der Waals surface area (Å²) >= 11 is 0. The zero-order chi connectivity index (χ0) is 26.9. The van der Waals surface area contributed by atoms with Gasteiger partial charge in [-0.2, -0.15) is 0 Å². The third-order valence-corrected chi connectivity index (χ3v) is 9.39. The molecule has 0 aliphatic heterocycles. The summed E-state index contributed by atoms with van der Waals surface area (Å²) in [4.78, 5) is 9.20. The molecule has 0 spiro atoms. The van der Waals surface area contributed by atoms with Gasteiger partial charge in [0.2, 0.25) is 0 Å². The second-order valence-corrected chi connectivity index (χ2v) is 16.5. The first kappa shape index (κ1) is 28.8. The third kappa shape index (κ3) is 5.89. The standard InChI is InChI=1S/C21H18N.C14H16NSi.Ir/c1-14-8-7-11-16-17-13-22-19(15-9-5-4-6-10-15)12-18(17)21(2,3)20(14)16;1-16(2,3)13-9-10-14(15-11-13)12-7-5-4-6-8-12;/h4-9,11-13H,1-3H3;4-7,9-11H,1-3H3;/q2*-1;. The zero-order valence-electron chi connectivity index (χ0n) is 23.5. The van der Waals surface area contributed by atoms with Gasteiger partial charge in [0.05, 0.1) is 8.07 Å². The molecule has 0 bridgehead atoms. The van der Waals surface area contributed by atoms with Crippen LogP contribution in [0.4, 0.5) is 0 Å². The Morgan fingerprint density at radius 3 is 1.90 bits per heavy atom. The van der Waals surface area contributed by atoms with E-state index in [-0.39, 0.29) is 25.5 Å². The molecule has 1 aliphatic rings. The molecular formula is C35H34IrN2Si-2. The Morgan fingerprint density at radius 1 is 0.692 bits per heavy atom. The van der Waals surface area contributed by atoms with Crippen molar-refractivity contribution in [3.63, 3.8) is 0 Å². The summed E-state index contributed by atoms with van der Waals surface area (Å²) in [6.07, 6.45) is 4.04. The molecule has 4 heteroatoms. The maximum atomic E-state index is 4.68. The first-order valence-electron chi connectivity index (χ1n) is 13.2. The number of benzene rings is 3. The second-order valence-electron chi connectivity index (χ2n) is 11.5. The minimum atomic E-state index is -1.23. The first-order chi connectivity index (χ1) is 18.2. The number of hydrogen-bond donors (Lipinski definition) is 0. The Bertz CT molecular complexity index is 1550. The van der Waals surface area contributed by atoms with Crippen LogP contribution in [0, 0.1) is 19.1 Å². The Kier molecular flexibility index (Phi) is 8.51. The molecule has 6 rings (SSSR count). The Morgan fingerprint density at radius 2 is 1.33 bits per heavy atom. The monoisotopic (exact) mass is 703 g/mol. The normalized spacial score (nSPS) is 12.9. The summed E-state index contributed by atoms with van der Waals surface area (Å²) in [6.45, 7) is 13.8. The van der Waals surface area contributed by atoms with Crippen molar-refractivity contribution in [3.05, 3.63) is 126 Å². The van der Waals surface area contributed by atoms with Crippen molar-refractivity contribution >= 4 is 13.3 Å². The molecule has 199 valence electrons. The number of rotatable bonds is 3. The van der Waals surface area contributed by atoms with E-state index in [0.717, 1.165) is 22.5 Å². The molecule has 0 saturated carbocycles. The molecule has 0 unspecified atom stereocenters. The summed E-state index contributed by atoms with van der Waals surface area (Å²) in [7, 11) is -1.23. The van der Waals surface area contributed by atoms with Crippen LogP contribution < -0.4 is 5.19 Å². The number of fused-ring (bicyclic) bond motifs is 3. The average Bonchev–Trinajstić information content (AvgIpc) is 3.16. The van der Waals surface area contributed by atoms with Crippen LogP contribution in [-0.4, -0.2) is 18.0 Å². The molecule has 1 radical (unpaired) electrons. The molecule has 0 fully saturated rings. The van der Waals surface area contributed by atoms with Crippen LogP contribution >= 0.6 is 0 Å². The third-order valence-electron chi connectivity index (χ3n) is 7.36. The topological polar surface area (TPSA) is 25.8 Å². The van der Waals surface area contributed by atoms with Crippen molar-refractivity contribution in [1.29, 1.82) is 0 Å². The van der Waals surface area contributed by atoms with Crippen molar-refractivity contribution in [3.8, 4) is 33.6 Å². The van der Waals surface area contributed by atoms with Crippen LogP contribution in [0.25, 0.3) is 33.6 Å². The van der Waals surface area contributed by atoms with E-state index in [2.05, 4.69) is 105 Å². The maximum absolute atomic E-state index is 4.68. The summed E-state index contributed by atoms with van der Waals surface area (Å²) in [6, 6.07) is 35.5. The smallest absolute Gasteiger partial charge is 0.0795 e. The minimum Gasteiger partial charge on any atom is -0.305 e. The van der Waals surface area contributed by atoms with E-state index in [9.17, 15) is 0 Å². The average molecular weight is 703 g/mol. The van der Waals surface area contributed by atoms with Gasteiger partial charge in [0.1, 0.15) is 0 Å². The van der Waals surface area contributed by atoms with Crippen LogP contribution in [0.3, 0.4) is 0 Å². The fourth-order valence-electron chi connectivity index (χ4n) is 5.29. The molecule has 3 aromatic carbocycles. The van der Waals surface area contributed by atoms with E-state index in [0.29, 0.717) is 0 Å². The van der Waals surface area contributed by atoms with Gasteiger partial charge in [0, 0.05) is 43.5 Å². The van der Waals surface area contributed by atoms with Gasteiger partial charge in [-0.05, 0) is 45.8 Å². The zero-order valence-corrected chi connectivity index (χ0v) is 26.9. The molecular weight excluding hydrogens is 669 g/mol. The summed E-state index contributed by atoms with van der Waals surface area (Å²) in [5, 5.41) is 1.40. The van der Waals surface area contributed by atoms with Crippen molar-refractivity contribution in [2.45, 2.75) is 45.8 Å². The van der Waals surface area contributed by atoms with Gasteiger partial charge in [-0.25, -0.2) is 0 Å². The molecule has 2 nitrogen and oxygen atoms in total. The van der Waals surface area contributed by atoms with E-state index in [1.165, 1.54) is 33.0 Å². The predicted octanol–water partition coefficient (Wildman–Crippen LogP) is 8.26.